The molecule has 1 aromatic rings. The molecule has 2 aliphatic rings. The Balaban J connectivity index is 1.97. The molecule has 1 saturated heterocycles. The molecule has 2 heterocycles. The number of carboxylic acid groups (broad SMARTS) is 1. The van der Waals surface area contributed by atoms with Crippen molar-refractivity contribution in [2.24, 2.45) is 0 Å². The highest BCUT2D eigenvalue weighted by Gasteiger charge is 2.45. The Bertz CT molecular complexity index is 446. The number of rotatable bonds is 1. The van der Waals surface area contributed by atoms with Gasteiger partial charge >= 0.3 is 5.97 Å². The lowest BCUT2D eigenvalue weighted by Crippen LogP contribution is -2.43. The molecule has 0 aliphatic carbocycles. The summed E-state index contributed by atoms with van der Waals surface area (Å²) < 4.78 is 0. The van der Waals surface area contributed by atoms with Crippen molar-refractivity contribution in [3.63, 3.8) is 0 Å². The molecule has 3 atom stereocenters. The number of carbonyl (C=O) groups is 1. The summed E-state index contributed by atoms with van der Waals surface area (Å²) >= 11 is 0. The number of hydrogen-bond donors (Lipinski definition) is 2. The second-order valence-corrected chi connectivity index (χ2v) is 4.51. The van der Waals surface area contributed by atoms with E-state index in [9.17, 15) is 4.79 Å². The minimum atomic E-state index is -0.750. The Morgan fingerprint density at radius 3 is 3.00 bits per heavy atom. The van der Waals surface area contributed by atoms with E-state index >= 15 is 0 Å². The standard InChI is InChI=1S/C12H14N2O2/c1-14-10-5-3-2-4-7(10)8-6-9(12(15)16)13-11(8)14/h2-5,8-9,11,13H,6H2,1H3,(H,15,16). The van der Waals surface area contributed by atoms with Crippen molar-refractivity contribution >= 4 is 11.7 Å². The van der Waals surface area contributed by atoms with Crippen LogP contribution in [0.15, 0.2) is 24.3 Å². The summed E-state index contributed by atoms with van der Waals surface area (Å²) in [7, 11) is 2.01. The van der Waals surface area contributed by atoms with Gasteiger partial charge in [-0.25, -0.2) is 0 Å². The van der Waals surface area contributed by atoms with Crippen LogP contribution in [0, 0.1) is 0 Å². The molecule has 4 nitrogen and oxygen atoms in total. The van der Waals surface area contributed by atoms with Crippen molar-refractivity contribution in [2.75, 3.05) is 11.9 Å². The maximum Gasteiger partial charge on any atom is 0.320 e. The molecule has 4 heteroatoms. The van der Waals surface area contributed by atoms with Crippen LogP contribution in [0.1, 0.15) is 17.9 Å². The molecule has 1 aromatic carbocycles. The summed E-state index contributed by atoms with van der Waals surface area (Å²) in [4.78, 5) is 13.1. The van der Waals surface area contributed by atoms with E-state index in [1.165, 1.54) is 11.3 Å². The van der Waals surface area contributed by atoms with E-state index in [0.717, 1.165) is 0 Å². The topological polar surface area (TPSA) is 52.6 Å². The van der Waals surface area contributed by atoms with Gasteiger partial charge in [-0.2, -0.15) is 0 Å². The largest absolute Gasteiger partial charge is 0.480 e. The summed E-state index contributed by atoms with van der Waals surface area (Å²) in [5.41, 5.74) is 2.49. The molecule has 0 radical (unpaired) electrons. The molecule has 2 aliphatic heterocycles. The highest BCUT2D eigenvalue weighted by molar-refractivity contribution is 5.75. The Morgan fingerprint density at radius 1 is 1.50 bits per heavy atom. The summed E-state index contributed by atoms with van der Waals surface area (Å²) in [6, 6.07) is 7.81. The maximum atomic E-state index is 11.0. The Labute approximate surface area is 93.9 Å². The highest BCUT2D eigenvalue weighted by Crippen LogP contribution is 2.44. The number of benzene rings is 1. The normalized spacial score (nSPS) is 31.3. The summed E-state index contributed by atoms with van der Waals surface area (Å²) in [5, 5.41) is 12.2. The predicted octanol–water partition coefficient (Wildman–Crippen LogP) is 0.993. The highest BCUT2D eigenvalue weighted by atomic mass is 16.4. The van der Waals surface area contributed by atoms with Crippen molar-refractivity contribution in [3.8, 4) is 0 Å². The molecular formula is C12H14N2O2. The Morgan fingerprint density at radius 2 is 2.25 bits per heavy atom. The van der Waals surface area contributed by atoms with Crippen LogP contribution in [-0.2, 0) is 4.79 Å². The van der Waals surface area contributed by atoms with Crippen LogP contribution in [0.4, 0.5) is 5.69 Å². The van der Waals surface area contributed by atoms with Gasteiger partial charge in [0.1, 0.15) is 6.04 Å². The van der Waals surface area contributed by atoms with Gasteiger partial charge in [0, 0.05) is 18.7 Å². The smallest absolute Gasteiger partial charge is 0.320 e. The van der Waals surface area contributed by atoms with Crippen LogP contribution < -0.4 is 10.2 Å². The minimum Gasteiger partial charge on any atom is -0.480 e. The van der Waals surface area contributed by atoms with E-state index in [4.69, 9.17) is 5.11 Å². The molecule has 16 heavy (non-hydrogen) atoms. The Hall–Kier alpha value is -1.55. The van der Waals surface area contributed by atoms with Gasteiger partial charge in [-0.05, 0) is 18.1 Å². The summed E-state index contributed by atoms with van der Waals surface area (Å²) in [6.07, 6.45) is 0.819. The lowest BCUT2D eigenvalue weighted by atomic mass is 9.96. The van der Waals surface area contributed by atoms with Gasteiger partial charge in [0.05, 0.1) is 6.17 Å². The third-order valence-electron chi connectivity index (χ3n) is 3.67. The van der Waals surface area contributed by atoms with E-state index in [1.807, 2.05) is 19.2 Å². The number of aliphatic carboxylic acids is 1. The SMILES string of the molecule is CN1c2ccccc2C2CC(C(=O)O)NC21. The van der Waals surface area contributed by atoms with Gasteiger partial charge in [-0.1, -0.05) is 18.2 Å². The van der Waals surface area contributed by atoms with E-state index in [2.05, 4.69) is 22.3 Å². The number of carboxylic acids is 1. The molecule has 84 valence electrons. The van der Waals surface area contributed by atoms with Gasteiger partial charge in [-0.15, -0.1) is 0 Å². The molecular weight excluding hydrogens is 204 g/mol. The lowest BCUT2D eigenvalue weighted by Gasteiger charge is -2.22. The second kappa shape index (κ2) is 3.22. The van der Waals surface area contributed by atoms with E-state index in [0.29, 0.717) is 12.3 Å². The summed E-state index contributed by atoms with van der Waals surface area (Å²) in [5.74, 6) is -0.442. The molecule has 1 fully saturated rings. The monoisotopic (exact) mass is 218 g/mol. The Kier molecular flexibility index (Phi) is 1.94. The minimum absolute atomic E-state index is 0.137. The van der Waals surface area contributed by atoms with Crippen molar-refractivity contribution < 1.29 is 9.90 Å². The molecule has 3 unspecified atom stereocenters. The second-order valence-electron chi connectivity index (χ2n) is 4.51. The number of hydrogen-bond acceptors (Lipinski definition) is 3. The van der Waals surface area contributed by atoms with Crippen LogP contribution in [0.5, 0.6) is 0 Å². The van der Waals surface area contributed by atoms with Gasteiger partial charge in [0.25, 0.3) is 0 Å². The van der Waals surface area contributed by atoms with Gasteiger partial charge < -0.3 is 10.0 Å². The zero-order valence-corrected chi connectivity index (χ0v) is 9.05. The number of anilines is 1. The zero-order chi connectivity index (χ0) is 11.3. The van der Waals surface area contributed by atoms with E-state index in [-0.39, 0.29) is 6.17 Å². The first-order chi connectivity index (χ1) is 7.68. The first-order valence-corrected chi connectivity index (χ1v) is 5.49. The fourth-order valence-electron chi connectivity index (χ4n) is 2.90. The maximum absolute atomic E-state index is 11.0. The fraction of sp³-hybridized carbons (Fsp3) is 0.417. The van der Waals surface area contributed by atoms with Crippen LogP contribution in [0.3, 0.4) is 0 Å². The first-order valence-electron chi connectivity index (χ1n) is 5.49. The van der Waals surface area contributed by atoms with Crippen LogP contribution in [0.25, 0.3) is 0 Å². The average molecular weight is 218 g/mol. The molecule has 3 rings (SSSR count). The van der Waals surface area contributed by atoms with Gasteiger partial charge in [0.15, 0.2) is 0 Å². The number of nitrogens with zero attached hydrogens (tertiary/aromatic N) is 1. The van der Waals surface area contributed by atoms with Gasteiger partial charge in [0.2, 0.25) is 0 Å². The van der Waals surface area contributed by atoms with Crippen LogP contribution in [0.2, 0.25) is 0 Å². The number of nitrogens with one attached hydrogen (secondary N) is 1. The number of para-hydroxylation sites is 1. The zero-order valence-electron chi connectivity index (χ0n) is 9.05. The molecule has 2 N–H and O–H groups in total. The lowest BCUT2D eigenvalue weighted by molar-refractivity contribution is -0.139. The van der Waals surface area contributed by atoms with Crippen molar-refractivity contribution in [1.29, 1.82) is 0 Å². The third kappa shape index (κ3) is 1.16. The third-order valence-corrected chi connectivity index (χ3v) is 3.67. The summed E-state index contributed by atoms with van der Waals surface area (Å²) in [6.45, 7) is 0. The molecule has 0 saturated carbocycles. The average Bonchev–Trinajstić information content (AvgIpc) is 2.81. The fourth-order valence-corrected chi connectivity index (χ4v) is 2.90. The predicted molar refractivity (Wildman–Crippen MR) is 60.6 cm³/mol. The molecule has 0 aromatic heterocycles. The van der Waals surface area contributed by atoms with Crippen molar-refractivity contribution in [3.05, 3.63) is 29.8 Å². The quantitative estimate of drug-likeness (QED) is 0.738. The number of fused-ring (bicyclic) bond motifs is 3. The van der Waals surface area contributed by atoms with E-state index in [1.54, 1.807) is 0 Å². The van der Waals surface area contributed by atoms with Crippen LogP contribution in [-0.4, -0.2) is 30.3 Å². The molecule has 0 spiro atoms. The number of likely N-dealkylation sites (N-methyl/N-ethyl adjacent to an activating group) is 1. The molecule has 0 bridgehead atoms. The van der Waals surface area contributed by atoms with Crippen molar-refractivity contribution in [1.82, 2.24) is 5.32 Å². The van der Waals surface area contributed by atoms with Crippen molar-refractivity contribution in [2.45, 2.75) is 24.5 Å². The van der Waals surface area contributed by atoms with E-state index < -0.39 is 12.0 Å². The molecule has 0 amide bonds. The van der Waals surface area contributed by atoms with Crippen LogP contribution >= 0.6 is 0 Å². The first kappa shape index (κ1) is 9.66. The van der Waals surface area contributed by atoms with Gasteiger partial charge in [-0.3, -0.25) is 10.1 Å².